The van der Waals surface area contributed by atoms with Crippen molar-refractivity contribution in [3.63, 3.8) is 0 Å². The average molecular weight is 377 g/mol. The molecule has 0 aliphatic carbocycles. The van der Waals surface area contributed by atoms with Gasteiger partial charge in [-0.15, -0.1) is 0 Å². The van der Waals surface area contributed by atoms with E-state index < -0.39 is 0 Å². The number of rotatable bonds is 5. The molecule has 0 radical (unpaired) electrons. The van der Waals surface area contributed by atoms with Gasteiger partial charge in [0, 0.05) is 50.4 Å². The highest BCUT2D eigenvalue weighted by Gasteiger charge is 2.42. The molecular weight excluding hydrogens is 348 g/mol. The van der Waals surface area contributed by atoms with E-state index in [0.717, 1.165) is 58.3 Å². The van der Waals surface area contributed by atoms with E-state index in [9.17, 15) is 9.59 Å². The number of likely N-dealkylation sites (tertiary alicyclic amines) is 2. The lowest BCUT2D eigenvalue weighted by Gasteiger charge is -2.48. The van der Waals surface area contributed by atoms with Gasteiger partial charge in [0.15, 0.2) is 5.16 Å². The predicted molar refractivity (Wildman–Crippen MR) is 102 cm³/mol. The molecule has 2 aliphatic rings. The Hall–Kier alpha value is -1.63. The Labute approximate surface area is 159 Å². The normalized spacial score (nSPS) is 23.5. The number of carbonyl (C=O) groups is 2. The Kier molecular flexibility index (Phi) is 6.16. The summed E-state index contributed by atoms with van der Waals surface area (Å²) in [7, 11) is 0. The number of piperidine rings is 2. The lowest BCUT2D eigenvalue weighted by Crippen LogP contribution is -2.55. The molecular formula is C19H28N4O2S. The molecule has 1 atom stereocenters. The molecule has 2 amide bonds. The summed E-state index contributed by atoms with van der Waals surface area (Å²) in [4.78, 5) is 37.6. The largest absolute Gasteiger partial charge is 0.342 e. The van der Waals surface area contributed by atoms with Gasteiger partial charge in [0.05, 0.1) is 5.56 Å². The van der Waals surface area contributed by atoms with E-state index >= 15 is 0 Å². The Morgan fingerprint density at radius 2 is 2.04 bits per heavy atom. The lowest BCUT2D eigenvalue weighted by atomic mass is 9.73. The van der Waals surface area contributed by atoms with Crippen LogP contribution in [0.1, 0.15) is 55.8 Å². The summed E-state index contributed by atoms with van der Waals surface area (Å²) in [5.74, 6) is 0.280. The summed E-state index contributed by atoms with van der Waals surface area (Å²) in [6, 6.07) is 0. The van der Waals surface area contributed by atoms with Gasteiger partial charge in [-0.2, -0.15) is 0 Å². The first kappa shape index (κ1) is 19.1. The summed E-state index contributed by atoms with van der Waals surface area (Å²) >= 11 is 1.46. The van der Waals surface area contributed by atoms with Crippen LogP contribution in [0.15, 0.2) is 17.6 Å². The van der Waals surface area contributed by atoms with Crippen molar-refractivity contribution in [2.45, 2.75) is 50.6 Å². The number of nitrogens with zero attached hydrogens (tertiary/aromatic N) is 4. The molecule has 26 heavy (non-hydrogen) atoms. The molecule has 3 rings (SSSR count). The molecule has 0 N–H and O–H groups in total. The number of carbonyl (C=O) groups excluding carboxylic acids is 2. The van der Waals surface area contributed by atoms with Crippen molar-refractivity contribution in [1.29, 1.82) is 0 Å². The van der Waals surface area contributed by atoms with Gasteiger partial charge in [-0.25, -0.2) is 9.97 Å². The van der Waals surface area contributed by atoms with E-state index in [0.29, 0.717) is 17.1 Å². The fourth-order valence-electron chi connectivity index (χ4n) is 4.08. The highest BCUT2D eigenvalue weighted by molar-refractivity contribution is 7.98. The number of hydrogen-bond donors (Lipinski definition) is 0. The van der Waals surface area contributed by atoms with Crippen LogP contribution in [0.2, 0.25) is 0 Å². The number of hydrogen-bond acceptors (Lipinski definition) is 5. The predicted octanol–water partition coefficient (Wildman–Crippen LogP) is 2.84. The highest BCUT2D eigenvalue weighted by atomic mass is 32.2. The molecule has 3 heterocycles. The van der Waals surface area contributed by atoms with Crippen molar-refractivity contribution in [2.75, 3.05) is 32.4 Å². The Balaban J connectivity index is 1.69. The van der Waals surface area contributed by atoms with Crippen LogP contribution in [-0.4, -0.2) is 64.0 Å². The molecule has 0 aromatic carbocycles. The molecule has 1 spiro atoms. The quantitative estimate of drug-likeness (QED) is 0.584. The van der Waals surface area contributed by atoms with Crippen LogP contribution < -0.4 is 0 Å². The van der Waals surface area contributed by atoms with Gasteiger partial charge in [-0.3, -0.25) is 9.59 Å². The van der Waals surface area contributed by atoms with Crippen molar-refractivity contribution in [1.82, 2.24) is 19.8 Å². The summed E-state index contributed by atoms with van der Waals surface area (Å²) < 4.78 is 0. The van der Waals surface area contributed by atoms with Crippen molar-refractivity contribution >= 4 is 23.6 Å². The molecule has 2 aliphatic heterocycles. The molecule has 6 nitrogen and oxygen atoms in total. The van der Waals surface area contributed by atoms with Crippen molar-refractivity contribution in [3.05, 3.63) is 18.0 Å². The van der Waals surface area contributed by atoms with Gasteiger partial charge in [-0.1, -0.05) is 25.1 Å². The molecule has 0 unspecified atom stereocenters. The smallest absolute Gasteiger partial charge is 0.257 e. The molecule has 1 aromatic rings. The SMILES string of the molecule is CCCCN1C[C@@]2(CCCN(C(=O)c3cnc(SC)nc3)C2)CCC1=O. The number of thioether (sulfide) groups is 1. The summed E-state index contributed by atoms with van der Waals surface area (Å²) in [5.41, 5.74) is 0.602. The minimum absolute atomic E-state index is 0.00809. The molecule has 142 valence electrons. The van der Waals surface area contributed by atoms with Gasteiger partial charge in [-0.05, 0) is 31.9 Å². The zero-order valence-electron chi connectivity index (χ0n) is 15.7. The van der Waals surface area contributed by atoms with Crippen LogP contribution in [0.5, 0.6) is 0 Å². The van der Waals surface area contributed by atoms with Crippen LogP contribution in [-0.2, 0) is 4.79 Å². The van der Waals surface area contributed by atoms with E-state index in [1.165, 1.54) is 11.8 Å². The second-order valence-corrected chi connectivity index (χ2v) is 8.23. The number of unbranched alkanes of at least 4 members (excludes halogenated alkanes) is 1. The minimum atomic E-state index is 0.00809. The van der Waals surface area contributed by atoms with Crippen molar-refractivity contribution in [2.24, 2.45) is 5.41 Å². The molecule has 7 heteroatoms. The summed E-state index contributed by atoms with van der Waals surface area (Å²) in [5, 5.41) is 0.675. The fourth-order valence-corrected chi connectivity index (χ4v) is 4.40. The monoisotopic (exact) mass is 376 g/mol. The van der Waals surface area contributed by atoms with Gasteiger partial charge in [0.2, 0.25) is 5.91 Å². The van der Waals surface area contributed by atoms with Crippen molar-refractivity contribution < 1.29 is 9.59 Å². The molecule has 0 bridgehead atoms. The standard InChI is InChI=1S/C19H28N4O2S/c1-3-4-9-22-13-19(8-6-16(22)24)7-5-10-23(14-19)17(25)15-11-20-18(26-2)21-12-15/h11-12H,3-10,13-14H2,1-2H3/t19-/m1/s1. The second-order valence-electron chi connectivity index (χ2n) is 7.46. The fraction of sp³-hybridized carbons (Fsp3) is 0.684. The van der Waals surface area contributed by atoms with Crippen LogP contribution in [0.25, 0.3) is 0 Å². The Bertz CT molecular complexity index is 651. The number of aromatic nitrogens is 2. The minimum Gasteiger partial charge on any atom is -0.342 e. The summed E-state index contributed by atoms with van der Waals surface area (Å²) in [6.07, 6.45) is 10.9. The molecule has 1 aromatic heterocycles. The van der Waals surface area contributed by atoms with Crippen LogP contribution in [0, 0.1) is 5.41 Å². The van der Waals surface area contributed by atoms with E-state index in [2.05, 4.69) is 16.9 Å². The Morgan fingerprint density at radius 1 is 1.27 bits per heavy atom. The highest BCUT2D eigenvalue weighted by Crippen LogP contribution is 2.39. The van der Waals surface area contributed by atoms with Crippen LogP contribution in [0.4, 0.5) is 0 Å². The van der Waals surface area contributed by atoms with Crippen LogP contribution in [0.3, 0.4) is 0 Å². The number of amides is 2. The second kappa shape index (κ2) is 8.37. The third-order valence-corrected chi connectivity index (χ3v) is 6.11. The third-order valence-electron chi connectivity index (χ3n) is 5.54. The van der Waals surface area contributed by atoms with Crippen LogP contribution >= 0.6 is 11.8 Å². The van der Waals surface area contributed by atoms with E-state index in [1.54, 1.807) is 12.4 Å². The van der Waals surface area contributed by atoms with E-state index in [-0.39, 0.29) is 17.2 Å². The van der Waals surface area contributed by atoms with E-state index in [1.807, 2.05) is 16.1 Å². The lowest BCUT2D eigenvalue weighted by molar-refractivity contribution is -0.139. The van der Waals surface area contributed by atoms with Gasteiger partial charge in [0.25, 0.3) is 5.91 Å². The summed E-state index contributed by atoms with van der Waals surface area (Å²) in [6.45, 7) is 5.28. The zero-order valence-corrected chi connectivity index (χ0v) is 16.6. The molecule has 2 fully saturated rings. The maximum atomic E-state index is 12.9. The van der Waals surface area contributed by atoms with E-state index in [4.69, 9.17) is 0 Å². The first-order valence-corrected chi connectivity index (χ1v) is 10.7. The molecule has 0 saturated carbocycles. The average Bonchev–Trinajstić information content (AvgIpc) is 2.68. The third kappa shape index (κ3) is 4.19. The first-order chi connectivity index (χ1) is 12.6. The zero-order chi connectivity index (χ0) is 18.6. The molecule has 2 saturated heterocycles. The van der Waals surface area contributed by atoms with Gasteiger partial charge < -0.3 is 9.80 Å². The topological polar surface area (TPSA) is 66.4 Å². The maximum absolute atomic E-state index is 12.9. The Morgan fingerprint density at radius 3 is 2.73 bits per heavy atom. The maximum Gasteiger partial charge on any atom is 0.257 e. The van der Waals surface area contributed by atoms with Crippen molar-refractivity contribution in [3.8, 4) is 0 Å². The van der Waals surface area contributed by atoms with Gasteiger partial charge in [0.1, 0.15) is 0 Å². The first-order valence-electron chi connectivity index (χ1n) is 9.50. The van der Waals surface area contributed by atoms with Gasteiger partial charge >= 0.3 is 0 Å².